The van der Waals surface area contributed by atoms with Crippen LogP contribution < -0.4 is 0 Å². The average Bonchev–Trinajstić information content (AvgIpc) is 1.59. The Morgan fingerprint density at radius 3 is 1.88 bits per heavy atom. The molecule has 0 aliphatic heterocycles. The van der Waals surface area contributed by atoms with E-state index in [0.29, 0.717) is 0 Å². The molecule has 0 spiro atoms. The maximum atomic E-state index is 3.20. The molecule has 0 aromatic carbocycles. The van der Waals surface area contributed by atoms with Gasteiger partial charge in [0.2, 0.25) is 0 Å². The lowest BCUT2D eigenvalue weighted by Crippen LogP contribution is -1.83. The van der Waals surface area contributed by atoms with Gasteiger partial charge in [-0.05, 0) is 18.8 Å². The lowest BCUT2D eigenvalue weighted by molar-refractivity contribution is 1.28. The van der Waals surface area contributed by atoms with Crippen molar-refractivity contribution in [1.82, 2.24) is 0 Å². The molecule has 0 amide bonds. The smallest absolute Gasteiger partial charge is 0.00686 e. The molecule has 8 heavy (non-hydrogen) atoms. The van der Waals surface area contributed by atoms with Gasteiger partial charge >= 0.3 is 0 Å². The van der Waals surface area contributed by atoms with Crippen molar-refractivity contribution in [2.75, 3.05) is 18.8 Å². The minimum atomic E-state index is -0.547. The highest BCUT2D eigenvalue weighted by Crippen LogP contribution is 2.31. The second-order valence-electron chi connectivity index (χ2n) is 2.47. The van der Waals surface area contributed by atoms with E-state index in [9.17, 15) is 0 Å². The summed E-state index contributed by atoms with van der Waals surface area (Å²) < 4.78 is 0. The van der Waals surface area contributed by atoms with Crippen LogP contribution in [-0.4, -0.2) is 18.8 Å². The van der Waals surface area contributed by atoms with E-state index >= 15 is 0 Å². The molecule has 1 heteroatoms. The maximum Gasteiger partial charge on any atom is 0.00686 e. The normalized spacial score (nSPS) is 12.0. The van der Waals surface area contributed by atoms with Crippen molar-refractivity contribution in [3.05, 3.63) is 0 Å². The van der Waals surface area contributed by atoms with E-state index < -0.39 is 10.0 Å². The first-order valence-corrected chi connectivity index (χ1v) is 5.60. The summed E-state index contributed by atoms with van der Waals surface area (Å²) in [4.78, 5) is 0. The standard InChI is InChI=1S/C7H14S/c1-5-6-7-8(2,3)4/h5H2,1-4H3. The summed E-state index contributed by atoms with van der Waals surface area (Å²) in [5.41, 5.74) is 0. The maximum absolute atomic E-state index is 3.20. The van der Waals surface area contributed by atoms with Crippen LogP contribution in [0.3, 0.4) is 0 Å². The van der Waals surface area contributed by atoms with Crippen LogP contribution in [0.4, 0.5) is 0 Å². The van der Waals surface area contributed by atoms with Crippen LogP contribution in [-0.2, 0) is 0 Å². The number of hydrogen-bond donors (Lipinski definition) is 0. The fourth-order valence-electron chi connectivity index (χ4n) is 0.289. The second kappa shape index (κ2) is 3.04. The first-order chi connectivity index (χ1) is 3.56. The third-order valence-electron chi connectivity index (χ3n) is 0.555. The van der Waals surface area contributed by atoms with Gasteiger partial charge in [-0.1, -0.05) is 18.1 Å². The summed E-state index contributed by atoms with van der Waals surface area (Å²) in [6.07, 6.45) is 7.60. The molecule has 48 valence electrons. The van der Waals surface area contributed by atoms with Crippen LogP contribution in [0.1, 0.15) is 13.3 Å². The van der Waals surface area contributed by atoms with Gasteiger partial charge in [0.15, 0.2) is 0 Å². The SMILES string of the molecule is CCC#CS(C)(C)C. The van der Waals surface area contributed by atoms with Crippen molar-refractivity contribution in [3.63, 3.8) is 0 Å². The van der Waals surface area contributed by atoms with Crippen LogP contribution >= 0.6 is 10.0 Å². The van der Waals surface area contributed by atoms with Crippen molar-refractivity contribution in [3.8, 4) is 11.2 Å². The molecule has 0 unspecified atom stereocenters. The van der Waals surface area contributed by atoms with Gasteiger partial charge in [-0.25, -0.2) is 0 Å². The van der Waals surface area contributed by atoms with Crippen molar-refractivity contribution in [2.45, 2.75) is 13.3 Å². The van der Waals surface area contributed by atoms with Gasteiger partial charge in [-0.3, -0.25) is 0 Å². The monoisotopic (exact) mass is 130 g/mol. The predicted octanol–water partition coefficient (Wildman–Crippen LogP) is 2.05. The summed E-state index contributed by atoms with van der Waals surface area (Å²) >= 11 is 0. The molecule has 0 saturated carbocycles. The van der Waals surface area contributed by atoms with Crippen LogP contribution in [0.15, 0.2) is 0 Å². The molecule has 0 nitrogen and oxygen atoms in total. The van der Waals surface area contributed by atoms with E-state index in [1.807, 2.05) is 0 Å². The van der Waals surface area contributed by atoms with Crippen LogP contribution in [0, 0.1) is 11.2 Å². The summed E-state index contributed by atoms with van der Waals surface area (Å²) in [5.74, 6) is 3.08. The van der Waals surface area contributed by atoms with E-state index in [2.05, 4.69) is 36.9 Å². The largest absolute Gasteiger partial charge is 0.186 e. The van der Waals surface area contributed by atoms with Crippen molar-refractivity contribution in [1.29, 1.82) is 0 Å². The predicted molar refractivity (Wildman–Crippen MR) is 43.4 cm³/mol. The van der Waals surface area contributed by atoms with Crippen molar-refractivity contribution >= 4 is 10.0 Å². The molecular weight excluding hydrogens is 116 g/mol. The zero-order chi connectivity index (χ0) is 6.62. The van der Waals surface area contributed by atoms with Crippen LogP contribution in [0.25, 0.3) is 0 Å². The quantitative estimate of drug-likeness (QED) is 0.440. The zero-order valence-electron chi connectivity index (χ0n) is 6.12. The topological polar surface area (TPSA) is 0 Å². The Kier molecular flexibility index (Phi) is 3.01. The number of rotatable bonds is 0. The average molecular weight is 130 g/mol. The molecule has 0 aliphatic rings. The molecule has 0 aromatic heterocycles. The molecule has 0 saturated heterocycles. The highest BCUT2D eigenvalue weighted by molar-refractivity contribution is 8.35. The Labute approximate surface area is 54.0 Å². The highest BCUT2D eigenvalue weighted by Gasteiger charge is 1.93. The molecular formula is C7H14S. The van der Waals surface area contributed by atoms with Gasteiger partial charge in [0.05, 0.1) is 0 Å². The summed E-state index contributed by atoms with van der Waals surface area (Å²) in [6.45, 7) is 2.08. The van der Waals surface area contributed by atoms with E-state index in [4.69, 9.17) is 0 Å². The fourth-order valence-corrected chi connectivity index (χ4v) is 0.866. The van der Waals surface area contributed by atoms with Crippen molar-refractivity contribution < 1.29 is 0 Å². The molecule has 0 radical (unpaired) electrons. The van der Waals surface area contributed by atoms with Gasteiger partial charge in [-0.2, -0.15) is 10.0 Å². The Morgan fingerprint density at radius 2 is 1.75 bits per heavy atom. The van der Waals surface area contributed by atoms with Gasteiger partial charge in [-0.15, -0.1) is 0 Å². The van der Waals surface area contributed by atoms with Gasteiger partial charge < -0.3 is 0 Å². The Morgan fingerprint density at radius 1 is 1.25 bits per heavy atom. The first kappa shape index (κ1) is 7.91. The van der Waals surface area contributed by atoms with E-state index in [0.717, 1.165) is 6.42 Å². The fraction of sp³-hybridized carbons (Fsp3) is 0.714. The van der Waals surface area contributed by atoms with Crippen LogP contribution in [0.5, 0.6) is 0 Å². The molecule has 0 aliphatic carbocycles. The van der Waals surface area contributed by atoms with Gasteiger partial charge in [0.25, 0.3) is 0 Å². The molecule has 0 rings (SSSR count). The molecule has 0 bridgehead atoms. The van der Waals surface area contributed by atoms with E-state index in [-0.39, 0.29) is 0 Å². The third-order valence-corrected chi connectivity index (χ3v) is 1.31. The first-order valence-electron chi connectivity index (χ1n) is 2.74. The summed E-state index contributed by atoms with van der Waals surface area (Å²) in [7, 11) is -0.547. The minimum absolute atomic E-state index is 0.547. The lowest BCUT2D eigenvalue weighted by atomic mass is 10.5. The lowest BCUT2D eigenvalue weighted by Gasteiger charge is -2.14. The molecule has 0 atom stereocenters. The summed E-state index contributed by atoms with van der Waals surface area (Å²) in [6, 6.07) is 0. The van der Waals surface area contributed by atoms with E-state index in [1.165, 1.54) is 0 Å². The number of hydrogen-bond acceptors (Lipinski definition) is 0. The molecule has 0 heterocycles. The highest BCUT2D eigenvalue weighted by atomic mass is 32.3. The zero-order valence-corrected chi connectivity index (χ0v) is 6.93. The minimum Gasteiger partial charge on any atom is -0.186 e. The van der Waals surface area contributed by atoms with Crippen LogP contribution in [0.2, 0.25) is 0 Å². The Balaban J connectivity index is 3.69. The van der Waals surface area contributed by atoms with E-state index in [1.54, 1.807) is 0 Å². The van der Waals surface area contributed by atoms with Gasteiger partial charge in [0, 0.05) is 6.42 Å². The Hall–Kier alpha value is -0.0900. The second-order valence-corrected chi connectivity index (χ2v) is 6.35. The third kappa shape index (κ3) is 5.91. The van der Waals surface area contributed by atoms with Gasteiger partial charge in [0.1, 0.15) is 0 Å². The summed E-state index contributed by atoms with van der Waals surface area (Å²) in [5, 5.41) is 3.20. The van der Waals surface area contributed by atoms with Crippen molar-refractivity contribution in [2.24, 2.45) is 0 Å². The molecule has 0 aromatic rings. The molecule has 0 fully saturated rings. The molecule has 0 N–H and O–H groups in total. The Bertz CT molecular complexity index is 109.